The number of carbonyl (C=O) groups excluding carboxylic acids is 1. The van der Waals surface area contributed by atoms with E-state index in [0.717, 1.165) is 6.54 Å². The van der Waals surface area contributed by atoms with E-state index in [1.165, 1.54) is 0 Å². The molecule has 21 heavy (non-hydrogen) atoms. The first kappa shape index (κ1) is 15.6. The van der Waals surface area contributed by atoms with Crippen molar-refractivity contribution in [3.8, 4) is 11.5 Å². The van der Waals surface area contributed by atoms with Gasteiger partial charge in [0.25, 0.3) is 5.91 Å². The lowest BCUT2D eigenvalue weighted by atomic mass is 9.93. The second kappa shape index (κ2) is 6.35. The number of nitrogens with one attached hydrogen (secondary N) is 1. The van der Waals surface area contributed by atoms with Crippen LogP contribution in [0.25, 0.3) is 0 Å². The number of amides is 1. The van der Waals surface area contributed by atoms with Crippen molar-refractivity contribution in [3.63, 3.8) is 0 Å². The second-order valence-corrected chi connectivity index (χ2v) is 6.48. The first-order chi connectivity index (χ1) is 9.87. The summed E-state index contributed by atoms with van der Waals surface area (Å²) >= 11 is 0. The molecule has 5 nitrogen and oxygen atoms in total. The molecule has 0 spiro atoms. The molecule has 0 bridgehead atoms. The monoisotopic (exact) mass is 292 g/mol. The number of rotatable bonds is 5. The Morgan fingerprint density at radius 3 is 2.67 bits per heavy atom. The maximum Gasteiger partial charge on any atom is 0.264 e. The fraction of sp³-hybridized carbons (Fsp3) is 0.562. The maximum atomic E-state index is 12.2. The van der Waals surface area contributed by atoms with Crippen molar-refractivity contribution in [2.45, 2.75) is 20.0 Å². The molecule has 0 radical (unpaired) electrons. The van der Waals surface area contributed by atoms with Crippen LogP contribution in [0.1, 0.15) is 13.8 Å². The highest BCUT2D eigenvalue weighted by Crippen LogP contribution is 2.30. The molecule has 1 amide bonds. The van der Waals surface area contributed by atoms with Gasteiger partial charge in [-0.3, -0.25) is 4.79 Å². The van der Waals surface area contributed by atoms with Crippen molar-refractivity contribution in [1.29, 1.82) is 0 Å². The zero-order chi connectivity index (χ0) is 15.5. The van der Waals surface area contributed by atoms with Gasteiger partial charge in [0.05, 0.1) is 0 Å². The van der Waals surface area contributed by atoms with E-state index in [0.29, 0.717) is 18.0 Å². The van der Waals surface area contributed by atoms with Gasteiger partial charge in [0.15, 0.2) is 11.5 Å². The van der Waals surface area contributed by atoms with Crippen LogP contribution >= 0.6 is 0 Å². The van der Waals surface area contributed by atoms with Crippen molar-refractivity contribution >= 4 is 5.91 Å². The number of para-hydroxylation sites is 2. The Morgan fingerprint density at radius 1 is 1.33 bits per heavy atom. The highest BCUT2D eigenvalue weighted by molar-refractivity contribution is 5.81. The minimum absolute atomic E-state index is 0.00654. The summed E-state index contributed by atoms with van der Waals surface area (Å²) in [5, 5.41) is 2.96. The second-order valence-electron chi connectivity index (χ2n) is 6.48. The fourth-order valence-electron chi connectivity index (χ4n) is 2.50. The SMILES string of the molecule is CN(C)CC(C)(C)CNC(=O)[C@@H]1COc2ccccc2O1. The normalized spacial score (nSPS) is 17.7. The topological polar surface area (TPSA) is 50.8 Å². The molecule has 1 aromatic carbocycles. The highest BCUT2D eigenvalue weighted by Gasteiger charge is 2.28. The molecule has 0 saturated heterocycles. The molecule has 0 fully saturated rings. The fourth-order valence-corrected chi connectivity index (χ4v) is 2.50. The summed E-state index contributed by atoms with van der Waals surface area (Å²) in [5.74, 6) is 1.18. The molecule has 0 saturated carbocycles. The van der Waals surface area contributed by atoms with E-state index >= 15 is 0 Å². The van der Waals surface area contributed by atoms with Gasteiger partial charge in [-0.25, -0.2) is 0 Å². The zero-order valence-electron chi connectivity index (χ0n) is 13.2. The van der Waals surface area contributed by atoms with Gasteiger partial charge in [-0.2, -0.15) is 0 Å². The van der Waals surface area contributed by atoms with Gasteiger partial charge in [-0.05, 0) is 31.6 Å². The van der Waals surface area contributed by atoms with Gasteiger partial charge in [0.1, 0.15) is 6.61 Å². The van der Waals surface area contributed by atoms with Gasteiger partial charge >= 0.3 is 0 Å². The Balaban J connectivity index is 1.88. The lowest BCUT2D eigenvalue weighted by Crippen LogP contribution is -2.48. The molecule has 0 aliphatic carbocycles. The van der Waals surface area contributed by atoms with E-state index in [9.17, 15) is 4.79 Å². The number of fused-ring (bicyclic) bond motifs is 1. The first-order valence-electron chi connectivity index (χ1n) is 7.18. The smallest absolute Gasteiger partial charge is 0.264 e. The van der Waals surface area contributed by atoms with Crippen molar-refractivity contribution < 1.29 is 14.3 Å². The van der Waals surface area contributed by atoms with E-state index in [-0.39, 0.29) is 17.9 Å². The van der Waals surface area contributed by atoms with Crippen LogP contribution in [0.5, 0.6) is 11.5 Å². The first-order valence-corrected chi connectivity index (χ1v) is 7.18. The summed E-state index contributed by atoms with van der Waals surface area (Å²) in [6.07, 6.45) is -0.588. The predicted molar refractivity (Wildman–Crippen MR) is 81.7 cm³/mol. The number of ether oxygens (including phenoxy) is 2. The van der Waals surface area contributed by atoms with Crippen LogP contribution in [0.2, 0.25) is 0 Å². The number of benzene rings is 1. The molecule has 0 unspecified atom stereocenters. The Hall–Kier alpha value is -1.75. The summed E-state index contributed by atoms with van der Waals surface area (Å²) in [6.45, 7) is 6.00. The van der Waals surface area contributed by atoms with Crippen LogP contribution < -0.4 is 14.8 Å². The molecule has 1 N–H and O–H groups in total. The summed E-state index contributed by atoms with van der Waals surface area (Å²) in [4.78, 5) is 14.3. The van der Waals surface area contributed by atoms with E-state index in [4.69, 9.17) is 9.47 Å². The summed E-state index contributed by atoms with van der Waals surface area (Å²) in [5.41, 5.74) is 0.00654. The highest BCUT2D eigenvalue weighted by atomic mass is 16.6. The number of hydrogen-bond donors (Lipinski definition) is 1. The zero-order valence-corrected chi connectivity index (χ0v) is 13.2. The van der Waals surface area contributed by atoms with E-state index in [1.54, 1.807) is 0 Å². The molecule has 2 rings (SSSR count). The van der Waals surface area contributed by atoms with Crippen molar-refractivity contribution in [3.05, 3.63) is 24.3 Å². The van der Waals surface area contributed by atoms with Crippen molar-refractivity contribution in [2.75, 3.05) is 33.8 Å². The van der Waals surface area contributed by atoms with Crippen LogP contribution in [0.15, 0.2) is 24.3 Å². The van der Waals surface area contributed by atoms with E-state index in [1.807, 2.05) is 38.4 Å². The minimum Gasteiger partial charge on any atom is -0.485 e. The molecule has 5 heteroatoms. The molecule has 1 aromatic rings. The summed E-state index contributed by atoms with van der Waals surface area (Å²) < 4.78 is 11.3. The molecule has 1 aliphatic rings. The van der Waals surface area contributed by atoms with E-state index in [2.05, 4.69) is 24.1 Å². The van der Waals surface area contributed by atoms with Crippen LogP contribution in [-0.4, -0.2) is 50.7 Å². The van der Waals surface area contributed by atoms with E-state index < -0.39 is 6.10 Å². The van der Waals surface area contributed by atoms with Gasteiger partial charge in [0.2, 0.25) is 6.10 Å². The van der Waals surface area contributed by atoms with Crippen molar-refractivity contribution in [2.24, 2.45) is 5.41 Å². The number of carbonyl (C=O) groups is 1. The molecular weight excluding hydrogens is 268 g/mol. The Morgan fingerprint density at radius 2 is 2.00 bits per heavy atom. The van der Waals surface area contributed by atoms with Gasteiger partial charge in [-0.1, -0.05) is 26.0 Å². The molecular formula is C16H24N2O3. The largest absolute Gasteiger partial charge is 0.485 e. The Bertz CT molecular complexity index is 500. The number of hydrogen-bond acceptors (Lipinski definition) is 4. The van der Waals surface area contributed by atoms with Gasteiger partial charge in [-0.15, -0.1) is 0 Å². The van der Waals surface area contributed by atoms with Crippen LogP contribution in [0, 0.1) is 5.41 Å². The average molecular weight is 292 g/mol. The number of nitrogens with zero attached hydrogens (tertiary/aromatic N) is 1. The molecule has 1 heterocycles. The quantitative estimate of drug-likeness (QED) is 0.894. The third-order valence-electron chi connectivity index (χ3n) is 3.29. The summed E-state index contributed by atoms with van der Waals surface area (Å²) in [7, 11) is 4.05. The summed E-state index contributed by atoms with van der Waals surface area (Å²) in [6, 6.07) is 7.39. The Kier molecular flexibility index (Phi) is 4.73. The molecule has 1 atom stereocenters. The average Bonchev–Trinajstić information content (AvgIpc) is 2.43. The predicted octanol–water partition coefficient (Wildman–Crippen LogP) is 1.53. The molecule has 116 valence electrons. The Labute approximate surface area is 126 Å². The van der Waals surface area contributed by atoms with Gasteiger partial charge < -0.3 is 19.7 Å². The van der Waals surface area contributed by atoms with Crippen molar-refractivity contribution in [1.82, 2.24) is 10.2 Å². The minimum atomic E-state index is -0.588. The third kappa shape index (κ3) is 4.36. The standard InChI is InChI=1S/C16H24N2O3/c1-16(2,11-18(3)4)10-17-15(19)14-9-20-12-7-5-6-8-13(12)21-14/h5-8,14H,9-11H2,1-4H3,(H,17,19)/t14-/m0/s1. The maximum absolute atomic E-state index is 12.2. The lowest BCUT2D eigenvalue weighted by Gasteiger charge is -2.30. The molecule has 1 aliphatic heterocycles. The molecule has 0 aromatic heterocycles. The van der Waals surface area contributed by atoms with Gasteiger partial charge in [0, 0.05) is 13.1 Å². The lowest BCUT2D eigenvalue weighted by molar-refractivity contribution is -0.130. The van der Waals surface area contributed by atoms with Crippen LogP contribution in [0.4, 0.5) is 0 Å². The van der Waals surface area contributed by atoms with Crippen LogP contribution in [0.3, 0.4) is 0 Å². The third-order valence-corrected chi connectivity index (χ3v) is 3.29. The van der Waals surface area contributed by atoms with Crippen LogP contribution in [-0.2, 0) is 4.79 Å².